The van der Waals surface area contributed by atoms with Crippen molar-refractivity contribution in [1.29, 1.82) is 0 Å². The highest BCUT2D eigenvalue weighted by Crippen LogP contribution is 2.31. The van der Waals surface area contributed by atoms with E-state index in [0.29, 0.717) is 6.42 Å². The van der Waals surface area contributed by atoms with Crippen LogP contribution in [0.3, 0.4) is 0 Å². The third kappa shape index (κ3) is 3.95. The summed E-state index contributed by atoms with van der Waals surface area (Å²) in [4.78, 5) is 11.1. The zero-order valence-corrected chi connectivity index (χ0v) is 9.00. The summed E-state index contributed by atoms with van der Waals surface area (Å²) in [6.45, 7) is 5.67. The number of ether oxygens (including phenoxy) is 1. The van der Waals surface area contributed by atoms with Gasteiger partial charge in [0.05, 0.1) is 6.26 Å². The molecule has 2 nitrogen and oxygen atoms in total. The molecule has 0 unspecified atom stereocenters. The van der Waals surface area contributed by atoms with Gasteiger partial charge >= 0.3 is 5.97 Å². The predicted octanol–water partition coefficient (Wildman–Crippen LogP) is 3.28. The smallest absolute Gasteiger partial charge is 0.310 e. The maximum absolute atomic E-state index is 11.1. The van der Waals surface area contributed by atoms with Crippen LogP contribution in [0, 0.1) is 11.8 Å². The first kappa shape index (κ1) is 11.3. The molecule has 0 amide bonds. The van der Waals surface area contributed by atoms with E-state index in [0.717, 1.165) is 18.3 Å². The highest BCUT2D eigenvalue weighted by molar-refractivity contribution is 5.69. The van der Waals surface area contributed by atoms with Gasteiger partial charge in [-0.25, -0.2) is 0 Å². The fourth-order valence-electron chi connectivity index (χ4n) is 2.09. The van der Waals surface area contributed by atoms with E-state index in [1.165, 1.54) is 31.9 Å². The zero-order valence-electron chi connectivity index (χ0n) is 9.00. The monoisotopic (exact) mass is 196 g/mol. The maximum atomic E-state index is 11.1. The molecule has 0 spiro atoms. The fourth-order valence-corrected chi connectivity index (χ4v) is 2.09. The van der Waals surface area contributed by atoms with E-state index in [9.17, 15) is 4.79 Å². The molecule has 0 aliphatic heterocycles. The molecule has 0 atom stereocenters. The predicted molar refractivity (Wildman–Crippen MR) is 56.6 cm³/mol. The van der Waals surface area contributed by atoms with E-state index < -0.39 is 0 Å². The zero-order chi connectivity index (χ0) is 10.4. The number of esters is 1. The van der Waals surface area contributed by atoms with Gasteiger partial charge in [-0.2, -0.15) is 0 Å². The molecule has 0 saturated heterocycles. The normalized spacial score (nSPS) is 26.9. The number of hydrogen-bond donors (Lipinski definition) is 0. The van der Waals surface area contributed by atoms with Crippen LogP contribution in [-0.2, 0) is 9.53 Å². The minimum atomic E-state index is -0.140. The second-order valence-electron chi connectivity index (χ2n) is 4.32. The van der Waals surface area contributed by atoms with Gasteiger partial charge in [-0.15, -0.1) is 0 Å². The quantitative estimate of drug-likeness (QED) is 0.509. The van der Waals surface area contributed by atoms with Crippen molar-refractivity contribution in [1.82, 2.24) is 0 Å². The number of hydrogen-bond acceptors (Lipinski definition) is 2. The SMILES string of the molecule is C=COC(=O)CCC1CCC(C)CC1. The maximum Gasteiger partial charge on any atom is 0.310 e. The first-order chi connectivity index (χ1) is 6.72. The van der Waals surface area contributed by atoms with Gasteiger partial charge in [0.2, 0.25) is 0 Å². The molecule has 0 heterocycles. The van der Waals surface area contributed by atoms with Gasteiger partial charge in [-0.3, -0.25) is 4.79 Å². The topological polar surface area (TPSA) is 26.3 Å². The Hall–Kier alpha value is -0.790. The Balaban J connectivity index is 2.12. The highest BCUT2D eigenvalue weighted by Gasteiger charge is 2.18. The van der Waals surface area contributed by atoms with Crippen LogP contribution in [0.5, 0.6) is 0 Å². The van der Waals surface area contributed by atoms with E-state index in [4.69, 9.17) is 0 Å². The Morgan fingerprint density at radius 1 is 1.43 bits per heavy atom. The molecular formula is C12H20O2. The number of carbonyl (C=O) groups is 1. The Kier molecular flexibility index (Phi) is 4.71. The van der Waals surface area contributed by atoms with Gasteiger partial charge in [0.1, 0.15) is 0 Å². The molecule has 0 radical (unpaired) electrons. The van der Waals surface area contributed by atoms with Gasteiger partial charge in [0.15, 0.2) is 0 Å². The molecule has 1 saturated carbocycles. The van der Waals surface area contributed by atoms with Crippen molar-refractivity contribution in [2.75, 3.05) is 0 Å². The molecule has 0 aromatic carbocycles. The Bertz CT molecular complexity index is 190. The summed E-state index contributed by atoms with van der Waals surface area (Å²) in [6, 6.07) is 0. The molecule has 1 rings (SSSR count). The van der Waals surface area contributed by atoms with Crippen molar-refractivity contribution in [2.45, 2.75) is 45.4 Å². The lowest BCUT2D eigenvalue weighted by molar-refractivity contribution is -0.138. The van der Waals surface area contributed by atoms with Gasteiger partial charge in [-0.1, -0.05) is 39.2 Å². The third-order valence-electron chi connectivity index (χ3n) is 3.11. The number of carbonyl (C=O) groups excluding carboxylic acids is 1. The minimum Gasteiger partial charge on any atom is -0.435 e. The second kappa shape index (κ2) is 5.84. The van der Waals surface area contributed by atoms with E-state index in [1.807, 2.05) is 0 Å². The van der Waals surface area contributed by atoms with Crippen LogP contribution >= 0.6 is 0 Å². The van der Waals surface area contributed by atoms with Crippen LogP contribution in [0.4, 0.5) is 0 Å². The van der Waals surface area contributed by atoms with Gasteiger partial charge < -0.3 is 4.74 Å². The third-order valence-corrected chi connectivity index (χ3v) is 3.11. The van der Waals surface area contributed by atoms with Crippen molar-refractivity contribution in [3.63, 3.8) is 0 Å². The summed E-state index contributed by atoms with van der Waals surface area (Å²) in [5.74, 6) is 1.48. The van der Waals surface area contributed by atoms with Crippen LogP contribution in [0.2, 0.25) is 0 Å². The lowest BCUT2D eigenvalue weighted by atomic mass is 9.81. The second-order valence-corrected chi connectivity index (χ2v) is 4.32. The van der Waals surface area contributed by atoms with Gasteiger partial charge in [0, 0.05) is 6.42 Å². The largest absolute Gasteiger partial charge is 0.435 e. The summed E-state index contributed by atoms with van der Waals surface area (Å²) in [5.41, 5.74) is 0. The van der Waals surface area contributed by atoms with Crippen molar-refractivity contribution >= 4 is 5.97 Å². The Morgan fingerprint density at radius 2 is 2.07 bits per heavy atom. The molecular weight excluding hydrogens is 176 g/mol. The van der Waals surface area contributed by atoms with Crippen LogP contribution in [-0.4, -0.2) is 5.97 Å². The average Bonchev–Trinajstić information content (AvgIpc) is 2.17. The summed E-state index contributed by atoms with van der Waals surface area (Å²) in [6.07, 6.45) is 7.95. The van der Waals surface area contributed by atoms with E-state index in [-0.39, 0.29) is 5.97 Å². The Labute approximate surface area is 86.3 Å². The fraction of sp³-hybridized carbons (Fsp3) is 0.750. The molecule has 14 heavy (non-hydrogen) atoms. The molecule has 80 valence electrons. The average molecular weight is 196 g/mol. The molecule has 1 fully saturated rings. The summed E-state index contributed by atoms with van der Waals surface area (Å²) < 4.78 is 4.68. The summed E-state index contributed by atoms with van der Waals surface area (Å²) >= 11 is 0. The van der Waals surface area contributed by atoms with Gasteiger partial charge in [0.25, 0.3) is 0 Å². The van der Waals surface area contributed by atoms with Crippen LogP contribution in [0.25, 0.3) is 0 Å². The molecule has 1 aliphatic carbocycles. The van der Waals surface area contributed by atoms with E-state index >= 15 is 0 Å². The van der Waals surface area contributed by atoms with E-state index in [2.05, 4.69) is 18.2 Å². The standard InChI is InChI=1S/C12H20O2/c1-3-14-12(13)9-8-11-6-4-10(2)5-7-11/h3,10-11H,1,4-9H2,2H3. The molecule has 0 aromatic rings. The molecule has 1 aliphatic rings. The van der Waals surface area contributed by atoms with Crippen molar-refractivity contribution in [3.05, 3.63) is 12.8 Å². The number of rotatable bonds is 4. The minimum absolute atomic E-state index is 0.140. The summed E-state index contributed by atoms with van der Waals surface area (Å²) in [5, 5.41) is 0. The van der Waals surface area contributed by atoms with Crippen LogP contribution < -0.4 is 0 Å². The van der Waals surface area contributed by atoms with E-state index in [1.54, 1.807) is 0 Å². The van der Waals surface area contributed by atoms with Gasteiger partial charge in [-0.05, 0) is 18.3 Å². The molecule has 0 aromatic heterocycles. The first-order valence-electron chi connectivity index (χ1n) is 5.52. The highest BCUT2D eigenvalue weighted by atomic mass is 16.5. The van der Waals surface area contributed by atoms with Crippen LogP contribution in [0.15, 0.2) is 12.8 Å². The Morgan fingerprint density at radius 3 is 2.64 bits per heavy atom. The van der Waals surface area contributed by atoms with Crippen molar-refractivity contribution in [2.24, 2.45) is 11.8 Å². The van der Waals surface area contributed by atoms with Crippen LogP contribution in [0.1, 0.15) is 45.4 Å². The molecule has 0 bridgehead atoms. The lowest BCUT2D eigenvalue weighted by Crippen LogP contribution is -2.13. The summed E-state index contributed by atoms with van der Waals surface area (Å²) in [7, 11) is 0. The first-order valence-corrected chi connectivity index (χ1v) is 5.52. The molecule has 2 heteroatoms. The molecule has 0 N–H and O–H groups in total. The lowest BCUT2D eigenvalue weighted by Gasteiger charge is -2.25. The van der Waals surface area contributed by atoms with Crippen molar-refractivity contribution in [3.8, 4) is 0 Å². The van der Waals surface area contributed by atoms with Crippen molar-refractivity contribution < 1.29 is 9.53 Å².